The number of anilines is 3. The predicted octanol–water partition coefficient (Wildman–Crippen LogP) is 5.57. The van der Waals surface area contributed by atoms with Crippen LogP contribution >= 0.6 is 0 Å². The highest BCUT2D eigenvalue weighted by atomic mass is 16.5. The molecule has 37 heavy (non-hydrogen) atoms. The maximum Gasteiger partial charge on any atom is 0.310 e. The number of fused-ring (bicyclic) bond motifs is 2. The second-order valence-electron chi connectivity index (χ2n) is 9.32. The van der Waals surface area contributed by atoms with Crippen molar-refractivity contribution in [2.45, 2.75) is 19.8 Å². The number of nitrogens with zero attached hydrogens (tertiary/aromatic N) is 2. The van der Waals surface area contributed by atoms with E-state index in [9.17, 15) is 9.59 Å². The van der Waals surface area contributed by atoms with Crippen molar-refractivity contribution in [3.63, 3.8) is 0 Å². The highest BCUT2D eigenvalue weighted by molar-refractivity contribution is 6.28. The lowest BCUT2D eigenvalue weighted by Crippen LogP contribution is -2.39. The Labute approximate surface area is 214 Å². The monoisotopic (exact) mass is 497 g/mol. The predicted molar refractivity (Wildman–Crippen MR) is 141 cm³/mol. The Kier molecular flexibility index (Phi) is 5.79. The zero-order valence-corrected chi connectivity index (χ0v) is 20.7. The quantitative estimate of drug-likeness (QED) is 0.304. The molecule has 8 heteroatoms. The van der Waals surface area contributed by atoms with Gasteiger partial charge in [0.05, 0.1) is 42.0 Å². The molecule has 8 nitrogen and oxygen atoms in total. The van der Waals surface area contributed by atoms with E-state index < -0.39 is 0 Å². The van der Waals surface area contributed by atoms with Crippen LogP contribution in [0.1, 0.15) is 35.7 Å². The number of esters is 1. The number of nitrogens with one attached hydrogen (secondary N) is 1. The van der Waals surface area contributed by atoms with Gasteiger partial charge >= 0.3 is 5.97 Å². The number of hydrogen-bond donors (Lipinski definition) is 1. The van der Waals surface area contributed by atoms with E-state index in [1.165, 1.54) is 0 Å². The van der Waals surface area contributed by atoms with E-state index in [-0.39, 0.29) is 17.7 Å². The Bertz CT molecular complexity index is 1510. The van der Waals surface area contributed by atoms with Crippen molar-refractivity contribution in [3.05, 3.63) is 65.7 Å². The molecule has 0 amide bonds. The third kappa shape index (κ3) is 3.89. The van der Waals surface area contributed by atoms with Crippen molar-refractivity contribution >= 4 is 39.7 Å². The number of methoxy groups -OCH3 is 1. The van der Waals surface area contributed by atoms with Crippen molar-refractivity contribution in [2.75, 3.05) is 37.0 Å². The number of hydrogen-bond acceptors (Lipinski definition) is 8. The summed E-state index contributed by atoms with van der Waals surface area (Å²) in [5, 5.41) is 8.59. The highest BCUT2D eigenvalue weighted by Gasteiger charge is 2.35. The summed E-state index contributed by atoms with van der Waals surface area (Å²) in [5.74, 6) is 0.846. The van der Waals surface area contributed by atoms with Gasteiger partial charge in [-0.3, -0.25) is 9.59 Å². The van der Waals surface area contributed by atoms with Crippen LogP contribution in [0.3, 0.4) is 0 Å². The molecule has 2 aliphatic rings. The molecular weight excluding hydrogens is 470 g/mol. The molecule has 0 bridgehead atoms. The summed E-state index contributed by atoms with van der Waals surface area (Å²) < 4.78 is 16.5. The summed E-state index contributed by atoms with van der Waals surface area (Å²) >= 11 is 0. The molecule has 0 saturated carbocycles. The molecule has 6 rings (SSSR count). The standard InChI is InChI=1S/C29H27N3O5/c1-3-36-29(34)17-7-6-14-32(16-17)23-15-22(30-18-10-12-19(35-2)13-11-18)24-25-26(23)31-37-28(25)21-9-5-4-8-20(21)27(24)33/h4-5,8-13,15,17,30H,3,6-7,14,16H2,1-2H3. The van der Waals surface area contributed by atoms with E-state index in [0.717, 1.165) is 42.1 Å². The molecule has 3 aromatic carbocycles. The van der Waals surface area contributed by atoms with Crippen LogP contribution in [0.25, 0.3) is 22.2 Å². The van der Waals surface area contributed by atoms with Crippen LogP contribution in [0.4, 0.5) is 17.1 Å². The second-order valence-corrected chi connectivity index (χ2v) is 9.32. The minimum atomic E-state index is -0.219. The van der Waals surface area contributed by atoms with Gasteiger partial charge in [0.1, 0.15) is 11.3 Å². The fourth-order valence-corrected chi connectivity index (χ4v) is 5.36. The average molecular weight is 498 g/mol. The first-order valence-electron chi connectivity index (χ1n) is 12.5. The van der Waals surface area contributed by atoms with Gasteiger partial charge in [-0.2, -0.15) is 0 Å². The van der Waals surface area contributed by atoms with Crippen molar-refractivity contribution in [1.29, 1.82) is 0 Å². The van der Waals surface area contributed by atoms with Crippen LogP contribution in [-0.4, -0.2) is 43.7 Å². The third-order valence-corrected chi connectivity index (χ3v) is 7.13. The van der Waals surface area contributed by atoms with Crippen molar-refractivity contribution in [1.82, 2.24) is 5.16 Å². The number of aromatic nitrogens is 1. The first kappa shape index (κ1) is 23.1. The number of ketones is 1. The summed E-state index contributed by atoms with van der Waals surface area (Å²) in [5.41, 5.74) is 4.77. The molecule has 0 radical (unpaired) electrons. The van der Waals surface area contributed by atoms with Crippen LogP contribution in [0, 0.1) is 5.92 Å². The molecule has 0 spiro atoms. The van der Waals surface area contributed by atoms with E-state index in [0.29, 0.717) is 46.6 Å². The SMILES string of the molecule is CCOC(=O)C1CCCN(c2cc(Nc3ccc(OC)cc3)c3c4c(onc24)-c2ccccc2C3=O)C1. The van der Waals surface area contributed by atoms with E-state index in [2.05, 4.69) is 15.4 Å². The van der Waals surface area contributed by atoms with Gasteiger partial charge < -0.3 is 24.2 Å². The number of benzene rings is 3. The minimum Gasteiger partial charge on any atom is -0.497 e. The smallest absolute Gasteiger partial charge is 0.310 e. The summed E-state index contributed by atoms with van der Waals surface area (Å²) in [4.78, 5) is 28.5. The molecule has 188 valence electrons. The van der Waals surface area contributed by atoms with Crippen LogP contribution in [0.15, 0.2) is 59.1 Å². The van der Waals surface area contributed by atoms with Crippen LogP contribution in [0.5, 0.6) is 5.75 Å². The summed E-state index contributed by atoms with van der Waals surface area (Å²) in [6.07, 6.45) is 1.63. The molecule has 1 aliphatic heterocycles. The molecule has 1 N–H and O–H groups in total. The van der Waals surface area contributed by atoms with Gasteiger partial charge in [0.25, 0.3) is 0 Å². The fourth-order valence-electron chi connectivity index (χ4n) is 5.36. The molecular formula is C29H27N3O5. The Balaban J connectivity index is 1.50. The van der Waals surface area contributed by atoms with E-state index in [1.54, 1.807) is 7.11 Å². The van der Waals surface area contributed by atoms with Gasteiger partial charge in [-0.15, -0.1) is 0 Å². The lowest BCUT2D eigenvalue weighted by molar-refractivity contribution is -0.148. The lowest BCUT2D eigenvalue weighted by Gasteiger charge is -2.34. The van der Waals surface area contributed by atoms with Crippen LogP contribution in [-0.2, 0) is 9.53 Å². The molecule has 1 fully saturated rings. The average Bonchev–Trinajstić information content (AvgIpc) is 3.38. The highest BCUT2D eigenvalue weighted by Crippen LogP contribution is 2.46. The Morgan fingerprint density at radius 3 is 2.70 bits per heavy atom. The van der Waals surface area contributed by atoms with Gasteiger partial charge in [0.2, 0.25) is 0 Å². The lowest BCUT2D eigenvalue weighted by atomic mass is 9.86. The van der Waals surface area contributed by atoms with Crippen molar-refractivity contribution in [3.8, 4) is 17.1 Å². The molecule has 2 heterocycles. The summed E-state index contributed by atoms with van der Waals surface area (Å²) in [7, 11) is 1.62. The van der Waals surface area contributed by atoms with Gasteiger partial charge in [0, 0.05) is 29.9 Å². The van der Waals surface area contributed by atoms with E-state index in [4.69, 9.17) is 14.0 Å². The molecule has 1 saturated heterocycles. The Hall–Kier alpha value is -4.33. The van der Waals surface area contributed by atoms with E-state index in [1.807, 2.05) is 61.5 Å². The second kappa shape index (κ2) is 9.28. The Morgan fingerprint density at radius 2 is 1.95 bits per heavy atom. The molecule has 1 aromatic heterocycles. The fraction of sp³-hybridized carbons (Fsp3) is 0.276. The van der Waals surface area contributed by atoms with Gasteiger partial charge in [0.15, 0.2) is 11.5 Å². The number of piperidine rings is 1. The van der Waals surface area contributed by atoms with Gasteiger partial charge in [-0.25, -0.2) is 0 Å². The Morgan fingerprint density at radius 1 is 1.16 bits per heavy atom. The zero-order chi connectivity index (χ0) is 25.5. The third-order valence-electron chi connectivity index (χ3n) is 7.13. The molecule has 1 aliphatic carbocycles. The molecule has 1 atom stereocenters. The zero-order valence-electron chi connectivity index (χ0n) is 20.7. The largest absolute Gasteiger partial charge is 0.497 e. The molecule has 4 aromatic rings. The minimum absolute atomic E-state index is 0.0816. The van der Waals surface area contributed by atoms with E-state index >= 15 is 0 Å². The van der Waals surface area contributed by atoms with Crippen LogP contribution in [0.2, 0.25) is 0 Å². The number of ether oxygens (including phenoxy) is 2. The summed E-state index contributed by atoms with van der Waals surface area (Å²) in [6.45, 7) is 3.46. The van der Waals surface area contributed by atoms with Gasteiger partial charge in [-0.1, -0.05) is 29.4 Å². The van der Waals surface area contributed by atoms with Crippen LogP contribution < -0.4 is 15.0 Å². The maximum absolute atomic E-state index is 13.8. The van der Waals surface area contributed by atoms with Gasteiger partial charge in [-0.05, 0) is 50.1 Å². The maximum atomic E-state index is 13.8. The topological polar surface area (TPSA) is 93.9 Å². The molecule has 1 unspecified atom stereocenters. The van der Waals surface area contributed by atoms with Crippen molar-refractivity contribution in [2.24, 2.45) is 5.92 Å². The number of rotatable bonds is 6. The normalized spacial score (nSPS) is 16.4. The first-order chi connectivity index (χ1) is 18.1. The summed E-state index contributed by atoms with van der Waals surface area (Å²) in [6, 6.07) is 16.9. The first-order valence-corrected chi connectivity index (χ1v) is 12.5. The van der Waals surface area contributed by atoms with Crippen molar-refractivity contribution < 1.29 is 23.6 Å². The number of carbonyl (C=O) groups excluding carboxylic acids is 2. The number of carbonyl (C=O) groups is 2.